The van der Waals surface area contributed by atoms with Crippen LogP contribution >= 0.6 is 23.2 Å². The van der Waals surface area contributed by atoms with Crippen molar-refractivity contribution in [3.63, 3.8) is 0 Å². The molecule has 7 heteroatoms. The molecule has 0 amide bonds. The molecule has 0 aliphatic heterocycles. The van der Waals surface area contributed by atoms with Gasteiger partial charge in [-0.1, -0.05) is 35.3 Å². The zero-order valence-corrected chi connectivity index (χ0v) is 13.4. The molecule has 0 fully saturated rings. The second-order valence-electron chi connectivity index (χ2n) is 4.20. The van der Waals surface area contributed by atoms with E-state index in [-0.39, 0.29) is 27.2 Å². The topological polar surface area (TPSA) is 37.4 Å². The van der Waals surface area contributed by atoms with E-state index in [0.29, 0.717) is 0 Å². The second kappa shape index (κ2) is 6.22. The summed E-state index contributed by atoms with van der Waals surface area (Å²) in [7, 11) is -4.00. The van der Waals surface area contributed by atoms with Crippen LogP contribution in [0.1, 0.15) is 6.92 Å². The molecule has 3 nitrogen and oxygen atoms in total. The van der Waals surface area contributed by atoms with E-state index in [9.17, 15) is 12.8 Å². The van der Waals surface area contributed by atoms with E-state index in [1.54, 1.807) is 13.0 Å². The number of hydrogen-bond acceptors (Lipinski definition) is 2. The quantitative estimate of drug-likeness (QED) is 0.824. The first-order valence-electron chi connectivity index (χ1n) is 6.10. The maximum Gasteiger partial charge on any atom is 0.265 e. The number of anilines is 1. The number of nitrogens with zero attached hydrogens (tertiary/aromatic N) is 1. The SMILES string of the molecule is CCN(c1ccccc1F)S(=O)(=O)c1cc(Cl)ccc1Cl. The molecular weight excluding hydrogens is 336 g/mol. The number of hydrogen-bond donors (Lipinski definition) is 0. The molecule has 21 heavy (non-hydrogen) atoms. The van der Waals surface area contributed by atoms with Gasteiger partial charge in [-0.2, -0.15) is 0 Å². The number of rotatable bonds is 4. The summed E-state index contributed by atoms with van der Waals surface area (Å²) in [5.41, 5.74) is -0.0314. The number of sulfonamides is 1. The van der Waals surface area contributed by atoms with Crippen LogP contribution in [0.4, 0.5) is 10.1 Å². The molecule has 0 spiro atoms. The first-order valence-corrected chi connectivity index (χ1v) is 8.30. The lowest BCUT2D eigenvalue weighted by atomic mass is 10.3. The maximum absolute atomic E-state index is 13.9. The Bertz CT molecular complexity index is 765. The van der Waals surface area contributed by atoms with E-state index in [1.165, 1.54) is 36.4 Å². The van der Waals surface area contributed by atoms with E-state index in [4.69, 9.17) is 23.2 Å². The van der Waals surface area contributed by atoms with Gasteiger partial charge in [-0.3, -0.25) is 4.31 Å². The Balaban J connectivity index is 2.61. The lowest BCUT2D eigenvalue weighted by Gasteiger charge is -2.23. The van der Waals surface area contributed by atoms with Crippen molar-refractivity contribution in [1.29, 1.82) is 0 Å². The van der Waals surface area contributed by atoms with Gasteiger partial charge in [0.05, 0.1) is 10.7 Å². The molecular formula is C14H12Cl2FNO2S. The van der Waals surface area contributed by atoms with Gasteiger partial charge >= 0.3 is 0 Å². The third-order valence-corrected chi connectivity index (χ3v) is 5.48. The molecule has 0 N–H and O–H groups in total. The maximum atomic E-state index is 13.9. The highest BCUT2D eigenvalue weighted by molar-refractivity contribution is 7.93. The van der Waals surface area contributed by atoms with Crippen LogP contribution in [0.25, 0.3) is 0 Å². The largest absolute Gasteiger partial charge is 0.265 e. The van der Waals surface area contributed by atoms with Crippen LogP contribution in [-0.4, -0.2) is 15.0 Å². The predicted octanol–water partition coefficient (Wildman–Crippen LogP) is 4.35. The zero-order chi connectivity index (χ0) is 15.6. The van der Waals surface area contributed by atoms with Crippen LogP contribution in [0, 0.1) is 5.82 Å². The van der Waals surface area contributed by atoms with Crippen molar-refractivity contribution < 1.29 is 12.8 Å². The number of benzene rings is 2. The van der Waals surface area contributed by atoms with Crippen LogP contribution < -0.4 is 4.31 Å². The molecule has 0 radical (unpaired) electrons. The standard InChI is InChI=1S/C14H12Cl2FNO2S/c1-2-18(13-6-4-3-5-12(13)17)21(19,20)14-9-10(15)7-8-11(14)16/h3-9H,2H2,1H3. The Kier molecular flexibility index (Phi) is 4.76. The molecule has 0 saturated heterocycles. The second-order valence-corrected chi connectivity index (χ2v) is 6.87. The van der Waals surface area contributed by atoms with Crippen LogP contribution in [0.3, 0.4) is 0 Å². The van der Waals surface area contributed by atoms with Crippen molar-refractivity contribution in [3.8, 4) is 0 Å². The van der Waals surface area contributed by atoms with Crippen molar-refractivity contribution >= 4 is 38.9 Å². The minimum atomic E-state index is -4.00. The Morgan fingerprint density at radius 1 is 1.14 bits per heavy atom. The summed E-state index contributed by atoms with van der Waals surface area (Å²) in [4.78, 5) is -0.151. The van der Waals surface area contributed by atoms with Gasteiger partial charge < -0.3 is 0 Å². The molecule has 0 aromatic heterocycles. The van der Waals surface area contributed by atoms with E-state index in [1.807, 2.05) is 0 Å². The van der Waals surface area contributed by atoms with Gasteiger partial charge in [0.1, 0.15) is 10.7 Å². The predicted molar refractivity (Wildman–Crippen MR) is 83.1 cm³/mol. The summed E-state index contributed by atoms with van der Waals surface area (Å²) in [5, 5.41) is 0.275. The molecule has 0 aliphatic rings. The normalized spacial score (nSPS) is 11.4. The lowest BCUT2D eigenvalue weighted by molar-refractivity contribution is 0.586. The van der Waals surface area contributed by atoms with E-state index < -0.39 is 15.8 Å². The number of halogens is 3. The molecule has 0 aliphatic carbocycles. The highest BCUT2D eigenvalue weighted by atomic mass is 35.5. The van der Waals surface area contributed by atoms with Gasteiger partial charge in [-0.15, -0.1) is 0 Å². The number of para-hydroxylation sites is 1. The van der Waals surface area contributed by atoms with Crippen LogP contribution in [0.5, 0.6) is 0 Å². The fourth-order valence-corrected chi connectivity index (χ4v) is 4.14. The summed E-state index contributed by atoms with van der Waals surface area (Å²) in [5.74, 6) is -0.624. The summed E-state index contributed by atoms with van der Waals surface area (Å²) in [6.07, 6.45) is 0. The van der Waals surface area contributed by atoms with Crippen molar-refractivity contribution in [2.75, 3.05) is 10.8 Å². The molecule has 0 heterocycles. The highest BCUT2D eigenvalue weighted by Gasteiger charge is 2.27. The van der Waals surface area contributed by atoms with Crippen LogP contribution in [0.15, 0.2) is 47.4 Å². The van der Waals surface area contributed by atoms with Crippen molar-refractivity contribution in [2.45, 2.75) is 11.8 Å². The fraction of sp³-hybridized carbons (Fsp3) is 0.143. The van der Waals surface area contributed by atoms with E-state index >= 15 is 0 Å². The molecule has 0 unspecified atom stereocenters. The van der Waals surface area contributed by atoms with Gasteiger partial charge in [0.25, 0.3) is 10.0 Å². The first-order chi connectivity index (χ1) is 9.87. The van der Waals surface area contributed by atoms with Crippen molar-refractivity contribution in [3.05, 3.63) is 58.3 Å². The average Bonchev–Trinajstić information content (AvgIpc) is 2.44. The summed E-state index contributed by atoms with van der Waals surface area (Å²) in [6.45, 7) is 1.68. The van der Waals surface area contributed by atoms with Crippen molar-refractivity contribution in [1.82, 2.24) is 0 Å². The van der Waals surface area contributed by atoms with Gasteiger partial charge in [0, 0.05) is 11.6 Å². The lowest BCUT2D eigenvalue weighted by Crippen LogP contribution is -2.31. The van der Waals surface area contributed by atoms with Crippen LogP contribution in [-0.2, 0) is 10.0 Å². The fourth-order valence-electron chi connectivity index (χ4n) is 1.92. The Labute approximate surface area is 133 Å². The molecule has 2 aromatic carbocycles. The third kappa shape index (κ3) is 3.15. The Morgan fingerprint density at radius 3 is 2.43 bits per heavy atom. The monoisotopic (exact) mass is 347 g/mol. The summed E-state index contributed by atoms with van der Waals surface area (Å²) >= 11 is 11.8. The Morgan fingerprint density at radius 2 is 1.81 bits per heavy atom. The van der Waals surface area contributed by atoms with E-state index in [0.717, 1.165) is 4.31 Å². The molecule has 2 rings (SSSR count). The first kappa shape index (κ1) is 16.1. The highest BCUT2D eigenvalue weighted by Crippen LogP contribution is 2.31. The molecule has 0 bridgehead atoms. The van der Waals surface area contributed by atoms with Gasteiger partial charge in [-0.05, 0) is 37.3 Å². The Hall–Kier alpha value is -1.30. The molecule has 0 atom stereocenters. The molecule has 0 saturated carbocycles. The average molecular weight is 348 g/mol. The summed E-state index contributed by atoms with van der Waals surface area (Å²) in [6, 6.07) is 9.79. The van der Waals surface area contributed by atoms with Gasteiger partial charge in [0.15, 0.2) is 0 Å². The van der Waals surface area contributed by atoms with Crippen molar-refractivity contribution in [2.24, 2.45) is 0 Å². The molecule has 112 valence electrons. The summed E-state index contributed by atoms with van der Waals surface area (Å²) < 4.78 is 40.3. The van der Waals surface area contributed by atoms with E-state index in [2.05, 4.69) is 0 Å². The smallest absolute Gasteiger partial charge is 0.264 e. The molecule has 2 aromatic rings. The minimum absolute atomic E-state index is 0.0314. The minimum Gasteiger partial charge on any atom is -0.264 e. The zero-order valence-electron chi connectivity index (χ0n) is 11.1. The van der Waals surface area contributed by atoms with Gasteiger partial charge in [-0.25, -0.2) is 12.8 Å². The third-order valence-electron chi connectivity index (χ3n) is 2.87. The van der Waals surface area contributed by atoms with Crippen LogP contribution in [0.2, 0.25) is 10.0 Å². The van der Waals surface area contributed by atoms with Gasteiger partial charge in [0.2, 0.25) is 0 Å².